The molecule has 30 heavy (non-hydrogen) atoms. The molecule has 1 aliphatic carbocycles. The minimum atomic E-state index is -1.81. The predicted octanol–water partition coefficient (Wildman–Crippen LogP) is 4.71. The van der Waals surface area contributed by atoms with Crippen LogP contribution in [0.3, 0.4) is 0 Å². The lowest BCUT2D eigenvalue weighted by molar-refractivity contribution is -0.132. The molecule has 1 aliphatic rings. The van der Waals surface area contributed by atoms with Crippen molar-refractivity contribution in [1.29, 1.82) is 0 Å². The molecule has 6 nitrogen and oxygen atoms in total. The van der Waals surface area contributed by atoms with Crippen LogP contribution in [-0.4, -0.2) is 49.0 Å². The molecule has 1 aromatic heterocycles. The zero-order chi connectivity index (χ0) is 22.7. The zero-order valence-electron chi connectivity index (χ0n) is 19.5. The number of carbonyl (C=O) groups is 1. The van der Waals surface area contributed by atoms with Crippen molar-refractivity contribution >= 4 is 30.2 Å². The van der Waals surface area contributed by atoms with Crippen LogP contribution < -0.4 is 10.3 Å². The topological polar surface area (TPSA) is 60.8 Å². The number of aromatic nitrogens is 1. The van der Waals surface area contributed by atoms with Gasteiger partial charge in [0.1, 0.15) is 5.75 Å². The van der Waals surface area contributed by atoms with Crippen molar-refractivity contribution in [3.8, 4) is 5.75 Å². The fourth-order valence-corrected chi connectivity index (χ4v) is 5.09. The van der Waals surface area contributed by atoms with Crippen LogP contribution in [0.4, 0.5) is 0 Å². The maximum absolute atomic E-state index is 12.3. The van der Waals surface area contributed by atoms with E-state index in [4.69, 9.17) is 9.16 Å². The van der Waals surface area contributed by atoms with Crippen LogP contribution in [0.25, 0.3) is 0 Å². The van der Waals surface area contributed by atoms with E-state index < -0.39 is 8.32 Å². The highest BCUT2D eigenvalue weighted by Gasteiger charge is 2.37. The normalized spacial score (nSPS) is 20.1. The molecule has 0 bridgehead atoms. The van der Waals surface area contributed by atoms with Gasteiger partial charge in [0.15, 0.2) is 8.32 Å². The second kappa shape index (κ2) is 10.00. The third kappa shape index (κ3) is 6.44. The molecule has 0 aromatic carbocycles. The second-order valence-electron chi connectivity index (χ2n) is 9.80. The molecular weight excluding hydrogens is 464 g/mol. The number of rotatable bonds is 7. The Morgan fingerprint density at radius 2 is 1.87 bits per heavy atom. The number of carbonyl (C=O) groups excluding carboxylic acids is 1. The first-order chi connectivity index (χ1) is 13.8. The van der Waals surface area contributed by atoms with Gasteiger partial charge in [-0.25, -0.2) is 0 Å². The summed E-state index contributed by atoms with van der Waals surface area (Å²) < 4.78 is 14.7. The van der Waals surface area contributed by atoms with E-state index in [1.807, 2.05) is 4.90 Å². The van der Waals surface area contributed by atoms with Gasteiger partial charge in [-0.2, -0.15) is 0 Å². The molecule has 1 saturated carbocycles. The van der Waals surface area contributed by atoms with E-state index in [9.17, 15) is 9.59 Å². The average Bonchev–Trinajstić information content (AvgIpc) is 2.63. The summed E-state index contributed by atoms with van der Waals surface area (Å²) in [5.41, 5.74) is -0.0913. The quantitative estimate of drug-likeness (QED) is 0.508. The Bertz CT molecular complexity index is 795. The number of amides is 1. The molecule has 0 radical (unpaired) electrons. The van der Waals surface area contributed by atoms with Gasteiger partial charge in [-0.05, 0) is 59.7 Å². The van der Waals surface area contributed by atoms with Crippen LogP contribution in [0.1, 0.15) is 53.4 Å². The number of ether oxygens (including phenoxy) is 1. The number of halogens is 1. The van der Waals surface area contributed by atoms with E-state index >= 15 is 0 Å². The molecule has 1 fully saturated rings. The lowest BCUT2D eigenvalue weighted by Gasteiger charge is -2.39. The number of hydrogen-bond donors (Lipinski definition) is 0. The first-order valence-corrected chi connectivity index (χ1v) is 14.5. The van der Waals surface area contributed by atoms with E-state index in [0.717, 1.165) is 30.2 Å². The molecule has 0 spiro atoms. The van der Waals surface area contributed by atoms with Crippen molar-refractivity contribution in [2.24, 2.45) is 7.05 Å². The molecule has 170 valence electrons. The Balaban J connectivity index is 1.90. The summed E-state index contributed by atoms with van der Waals surface area (Å²) in [6.07, 6.45) is 5.29. The van der Waals surface area contributed by atoms with E-state index in [1.165, 1.54) is 10.6 Å². The fourth-order valence-electron chi connectivity index (χ4n) is 3.54. The minimum absolute atomic E-state index is 0.0574. The first kappa shape index (κ1) is 25.1. The number of pyridine rings is 1. The maximum atomic E-state index is 12.3. The largest absolute Gasteiger partial charge is 0.489 e. The molecule has 1 heterocycles. The van der Waals surface area contributed by atoms with Crippen molar-refractivity contribution in [1.82, 2.24) is 9.47 Å². The van der Waals surface area contributed by atoms with E-state index in [1.54, 1.807) is 20.2 Å². The summed E-state index contributed by atoms with van der Waals surface area (Å²) >= 11 is 3.47. The van der Waals surface area contributed by atoms with Gasteiger partial charge in [0.2, 0.25) is 5.91 Å². The molecule has 1 aromatic rings. The highest BCUT2D eigenvalue weighted by molar-refractivity contribution is 9.10. The predicted molar refractivity (Wildman–Crippen MR) is 127 cm³/mol. The van der Waals surface area contributed by atoms with Crippen LogP contribution in [0, 0.1) is 0 Å². The Morgan fingerprint density at radius 3 is 2.40 bits per heavy atom. The lowest BCUT2D eigenvalue weighted by Crippen LogP contribution is -2.47. The van der Waals surface area contributed by atoms with Crippen LogP contribution in [0.15, 0.2) is 21.5 Å². The molecule has 0 atom stereocenters. The SMILES string of the molecule is CC(=O)N(CCO[Si](C)(C)C(C)(C)C)C1CCC(Oc2cc(=O)n(C)cc2Br)CC1. The Morgan fingerprint density at radius 1 is 1.27 bits per heavy atom. The van der Waals surface area contributed by atoms with Gasteiger partial charge in [-0.1, -0.05) is 20.8 Å². The van der Waals surface area contributed by atoms with Crippen molar-refractivity contribution < 1.29 is 14.0 Å². The third-order valence-electron chi connectivity index (χ3n) is 6.53. The van der Waals surface area contributed by atoms with Gasteiger partial charge in [-0.15, -0.1) is 0 Å². The smallest absolute Gasteiger partial charge is 0.254 e. The van der Waals surface area contributed by atoms with Crippen LogP contribution in [0.5, 0.6) is 5.75 Å². The summed E-state index contributed by atoms with van der Waals surface area (Å²) in [6.45, 7) is 14.0. The van der Waals surface area contributed by atoms with Crippen molar-refractivity contribution in [3.05, 3.63) is 27.1 Å². The summed E-state index contributed by atoms with van der Waals surface area (Å²) in [5.74, 6) is 0.695. The molecule has 8 heteroatoms. The third-order valence-corrected chi connectivity index (χ3v) is 11.7. The Kier molecular flexibility index (Phi) is 8.38. The molecule has 1 amide bonds. The van der Waals surface area contributed by atoms with Crippen LogP contribution in [-0.2, 0) is 16.3 Å². The van der Waals surface area contributed by atoms with Gasteiger partial charge in [0.25, 0.3) is 5.56 Å². The standard InChI is InChI=1S/C22H37BrN2O4Si/c1-16(26)25(12-13-28-30(6,7)22(2,3)4)17-8-10-18(11-9-17)29-20-14-21(27)24(5)15-19(20)23/h14-15,17-18H,8-13H2,1-7H3. The van der Waals surface area contributed by atoms with Crippen molar-refractivity contribution in [2.45, 2.75) is 83.7 Å². The summed E-state index contributed by atoms with van der Waals surface area (Å²) in [7, 11) is -0.0986. The number of nitrogens with zero attached hydrogens (tertiary/aromatic N) is 2. The van der Waals surface area contributed by atoms with Crippen LogP contribution in [0.2, 0.25) is 18.1 Å². The average molecular weight is 502 g/mol. The lowest BCUT2D eigenvalue weighted by atomic mass is 9.91. The highest BCUT2D eigenvalue weighted by Crippen LogP contribution is 2.36. The number of aryl methyl sites for hydroxylation is 1. The molecular formula is C22H37BrN2O4Si. The maximum Gasteiger partial charge on any atom is 0.254 e. The first-order valence-electron chi connectivity index (χ1n) is 10.8. The summed E-state index contributed by atoms with van der Waals surface area (Å²) in [6, 6.07) is 1.74. The minimum Gasteiger partial charge on any atom is -0.489 e. The van der Waals surface area contributed by atoms with Gasteiger partial charge in [0.05, 0.1) is 17.2 Å². The molecule has 0 N–H and O–H groups in total. The fraction of sp³-hybridized carbons (Fsp3) is 0.727. The molecule has 0 saturated heterocycles. The summed E-state index contributed by atoms with van der Waals surface area (Å²) in [4.78, 5) is 26.2. The van der Waals surface area contributed by atoms with E-state index in [-0.39, 0.29) is 28.7 Å². The van der Waals surface area contributed by atoms with Gasteiger partial charge in [0, 0.05) is 38.8 Å². The van der Waals surface area contributed by atoms with Crippen LogP contribution >= 0.6 is 15.9 Å². The monoisotopic (exact) mass is 500 g/mol. The Labute approximate surface area is 190 Å². The molecule has 0 unspecified atom stereocenters. The van der Waals surface area contributed by atoms with Gasteiger partial charge < -0.3 is 18.6 Å². The van der Waals surface area contributed by atoms with E-state index in [2.05, 4.69) is 49.8 Å². The highest BCUT2D eigenvalue weighted by atomic mass is 79.9. The van der Waals surface area contributed by atoms with Gasteiger partial charge in [-0.3, -0.25) is 9.59 Å². The second-order valence-corrected chi connectivity index (χ2v) is 15.5. The number of hydrogen-bond acceptors (Lipinski definition) is 4. The van der Waals surface area contributed by atoms with E-state index in [0.29, 0.717) is 18.9 Å². The Hall–Kier alpha value is -1.12. The zero-order valence-corrected chi connectivity index (χ0v) is 22.0. The van der Waals surface area contributed by atoms with Crippen molar-refractivity contribution in [2.75, 3.05) is 13.2 Å². The van der Waals surface area contributed by atoms with Crippen molar-refractivity contribution in [3.63, 3.8) is 0 Å². The van der Waals surface area contributed by atoms with Gasteiger partial charge >= 0.3 is 0 Å². The molecule has 2 rings (SSSR count). The molecule has 0 aliphatic heterocycles. The summed E-state index contributed by atoms with van der Waals surface area (Å²) in [5, 5.41) is 0.163.